The second-order valence-electron chi connectivity index (χ2n) is 9.75. The molecule has 1 saturated heterocycles. The van der Waals surface area contributed by atoms with Gasteiger partial charge in [-0.15, -0.1) is 0 Å². The van der Waals surface area contributed by atoms with Crippen LogP contribution in [0.4, 0.5) is 13.2 Å². The summed E-state index contributed by atoms with van der Waals surface area (Å²) in [4.78, 5) is 35.8. The Bertz CT molecular complexity index is 1200. The number of piperidine rings is 1. The van der Waals surface area contributed by atoms with E-state index in [0.29, 0.717) is 44.6 Å². The topological polar surface area (TPSA) is 121 Å². The average molecular weight is 481 g/mol. The fraction of sp³-hybridized carbons (Fsp3) is 0.636. The number of rotatable bonds is 5. The lowest BCUT2D eigenvalue weighted by molar-refractivity contribution is -0.141. The summed E-state index contributed by atoms with van der Waals surface area (Å²) in [5, 5.41) is 23.3. The number of hydrogen-bond acceptors (Lipinski definition) is 7. The first kappa shape index (κ1) is 23.0. The minimum atomic E-state index is -4.81. The molecule has 34 heavy (non-hydrogen) atoms. The van der Waals surface area contributed by atoms with Crippen molar-refractivity contribution >= 4 is 17.1 Å². The molecule has 12 heteroatoms. The molecule has 3 N–H and O–H groups in total. The summed E-state index contributed by atoms with van der Waals surface area (Å²) in [5.41, 5.74) is -3.97. The van der Waals surface area contributed by atoms with Crippen LogP contribution in [0.15, 0.2) is 11.0 Å². The lowest BCUT2D eigenvalue weighted by Crippen LogP contribution is -2.74. The van der Waals surface area contributed by atoms with Gasteiger partial charge in [0.2, 0.25) is 0 Å². The number of aromatic hydroxyl groups is 1. The molecule has 3 saturated carbocycles. The predicted octanol–water partition coefficient (Wildman–Crippen LogP) is 1.50. The Morgan fingerprint density at radius 2 is 1.94 bits per heavy atom. The molecule has 9 nitrogen and oxygen atoms in total. The summed E-state index contributed by atoms with van der Waals surface area (Å²) in [7, 11) is 0. The zero-order chi connectivity index (χ0) is 24.4. The van der Waals surface area contributed by atoms with Crippen molar-refractivity contribution in [2.75, 3.05) is 19.6 Å². The van der Waals surface area contributed by atoms with Crippen molar-refractivity contribution < 1.29 is 28.2 Å². The van der Waals surface area contributed by atoms with Gasteiger partial charge in [-0.3, -0.25) is 14.2 Å². The van der Waals surface area contributed by atoms with Crippen LogP contribution in [0.3, 0.4) is 0 Å². The van der Waals surface area contributed by atoms with Crippen molar-refractivity contribution in [1.82, 2.24) is 24.8 Å². The molecule has 184 valence electrons. The molecule has 1 atom stereocenters. The van der Waals surface area contributed by atoms with Crippen LogP contribution in [0, 0.1) is 11.8 Å². The smallest absolute Gasteiger partial charge is 0.434 e. The van der Waals surface area contributed by atoms with E-state index in [1.165, 1.54) is 0 Å². The lowest BCUT2D eigenvalue weighted by Gasteiger charge is -2.67. The third kappa shape index (κ3) is 3.63. The Labute approximate surface area is 192 Å². The van der Waals surface area contributed by atoms with Crippen molar-refractivity contribution in [1.29, 1.82) is 0 Å². The number of carbonyl (C=O) groups excluding carboxylic acids is 1. The largest absolute Gasteiger partial charge is 0.505 e. The number of aromatic nitrogens is 3. The van der Waals surface area contributed by atoms with E-state index in [0.717, 1.165) is 17.4 Å². The molecule has 0 spiro atoms. The number of halogens is 3. The fourth-order valence-corrected chi connectivity index (χ4v) is 5.36. The fourth-order valence-electron chi connectivity index (χ4n) is 5.36. The van der Waals surface area contributed by atoms with Gasteiger partial charge in [0.1, 0.15) is 11.1 Å². The molecule has 1 aliphatic heterocycles. The molecule has 1 amide bonds. The minimum absolute atomic E-state index is 0.0374. The van der Waals surface area contributed by atoms with Gasteiger partial charge in [0.25, 0.3) is 11.5 Å². The van der Waals surface area contributed by atoms with Gasteiger partial charge >= 0.3 is 6.18 Å². The molecule has 3 heterocycles. The van der Waals surface area contributed by atoms with Crippen molar-refractivity contribution in [2.24, 2.45) is 11.8 Å². The molecular weight excluding hydrogens is 455 g/mol. The molecule has 6 rings (SSSR count). The van der Waals surface area contributed by atoms with E-state index in [4.69, 9.17) is 0 Å². The van der Waals surface area contributed by atoms with Crippen LogP contribution in [-0.4, -0.2) is 66.8 Å². The van der Waals surface area contributed by atoms with Crippen LogP contribution in [0.1, 0.15) is 48.7 Å². The number of alkyl halides is 3. The molecule has 4 aliphatic rings. The summed E-state index contributed by atoms with van der Waals surface area (Å²) in [6, 6.07) is 0. The van der Waals surface area contributed by atoms with E-state index in [-0.39, 0.29) is 24.2 Å². The molecule has 0 radical (unpaired) electrons. The van der Waals surface area contributed by atoms with Crippen LogP contribution in [0.5, 0.6) is 5.75 Å². The molecule has 2 aromatic heterocycles. The van der Waals surface area contributed by atoms with Crippen LogP contribution in [0.2, 0.25) is 0 Å². The highest BCUT2D eigenvalue weighted by Crippen LogP contribution is 2.61. The van der Waals surface area contributed by atoms with Crippen molar-refractivity contribution in [2.45, 2.75) is 57.0 Å². The minimum Gasteiger partial charge on any atom is -0.505 e. The second kappa shape index (κ2) is 7.91. The number of aliphatic hydroxyl groups is 1. The number of amides is 1. The Morgan fingerprint density at radius 1 is 1.26 bits per heavy atom. The van der Waals surface area contributed by atoms with Gasteiger partial charge in [0.05, 0.1) is 12.3 Å². The normalized spacial score (nSPS) is 27.3. The van der Waals surface area contributed by atoms with E-state index in [1.54, 1.807) is 0 Å². The van der Waals surface area contributed by atoms with Crippen molar-refractivity contribution in [3.05, 3.63) is 27.8 Å². The monoisotopic (exact) mass is 481 g/mol. The number of carbonyl (C=O) groups is 1. The Morgan fingerprint density at radius 3 is 2.50 bits per heavy atom. The number of nitrogens with one attached hydrogen (secondary N) is 1. The highest BCUT2D eigenvalue weighted by molar-refractivity contribution is 6.01. The molecule has 2 aromatic rings. The van der Waals surface area contributed by atoms with Crippen LogP contribution in [-0.2, 0) is 12.7 Å². The molecule has 3 aliphatic carbocycles. The predicted molar refractivity (Wildman–Crippen MR) is 114 cm³/mol. The van der Waals surface area contributed by atoms with Gasteiger partial charge in [-0.2, -0.15) is 13.2 Å². The number of likely N-dealkylation sites (tertiary alicyclic amines) is 1. The van der Waals surface area contributed by atoms with E-state index in [2.05, 4.69) is 15.3 Å². The van der Waals surface area contributed by atoms with Crippen molar-refractivity contribution in [3.8, 4) is 5.75 Å². The SMILES string of the molecule is C[C@@H]1C2CC1(NC(=O)c1c(O)c3nc(C(F)(F)F)cnc3n(CCN3CCC(O)CC3)c1=O)C2. The van der Waals surface area contributed by atoms with Gasteiger partial charge in [0.15, 0.2) is 17.1 Å². The summed E-state index contributed by atoms with van der Waals surface area (Å²) in [6.45, 7) is 3.59. The van der Waals surface area contributed by atoms with E-state index < -0.39 is 45.7 Å². The van der Waals surface area contributed by atoms with E-state index >= 15 is 0 Å². The summed E-state index contributed by atoms with van der Waals surface area (Å²) < 4.78 is 40.9. The van der Waals surface area contributed by atoms with Crippen LogP contribution < -0.4 is 10.9 Å². The first-order chi connectivity index (χ1) is 16.0. The van der Waals surface area contributed by atoms with E-state index in [1.807, 2.05) is 11.8 Å². The summed E-state index contributed by atoms with van der Waals surface area (Å²) in [5.74, 6) is -0.950. The van der Waals surface area contributed by atoms with Gasteiger partial charge in [-0.1, -0.05) is 6.92 Å². The van der Waals surface area contributed by atoms with Crippen LogP contribution >= 0.6 is 0 Å². The first-order valence-corrected chi connectivity index (χ1v) is 11.4. The molecule has 0 unspecified atom stereocenters. The van der Waals surface area contributed by atoms with E-state index in [9.17, 15) is 33.0 Å². The summed E-state index contributed by atoms with van der Waals surface area (Å²) >= 11 is 0. The standard InChI is InChI=1S/C22H26F3N5O4/c1-11-12-8-21(11,9-12)28-19(33)15-17(32)16-18(26-10-14(27-16)22(23,24)25)30(20(15)34)7-6-29-4-2-13(31)3-5-29/h10-13,31-32H,2-9H2,1H3,(H,28,33)/t11-,12?,21?/m1/s1. The number of hydrogen-bond donors (Lipinski definition) is 3. The lowest BCUT2D eigenvalue weighted by atomic mass is 9.43. The Balaban J connectivity index is 1.54. The molecule has 4 fully saturated rings. The number of aliphatic hydroxyl groups excluding tert-OH is 1. The van der Waals surface area contributed by atoms with Gasteiger partial charge in [-0.05, 0) is 37.5 Å². The highest BCUT2D eigenvalue weighted by atomic mass is 19.4. The quantitative estimate of drug-likeness (QED) is 0.592. The van der Waals surface area contributed by atoms with Gasteiger partial charge in [0, 0.05) is 31.7 Å². The third-order valence-electron chi connectivity index (χ3n) is 7.84. The van der Waals surface area contributed by atoms with Crippen molar-refractivity contribution in [3.63, 3.8) is 0 Å². The Kier molecular flexibility index (Phi) is 5.36. The average Bonchev–Trinajstić information content (AvgIpc) is 2.76. The maximum absolute atomic E-state index is 13.3. The van der Waals surface area contributed by atoms with Crippen LogP contribution in [0.25, 0.3) is 11.2 Å². The highest BCUT2D eigenvalue weighted by Gasteiger charge is 2.63. The Hall–Kier alpha value is -2.73. The molecule has 2 bridgehead atoms. The number of fused-ring (bicyclic) bond motifs is 1. The van der Waals surface area contributed by atoms with Gasteiger partial charge < -0.3 is 20.4 Å². The summed E-state index contributed by atoms with van der Waals surface area (Å²) in [6.07, 6.45) is -1.97. The second-order valence-corrected chi connectivity index (χ2v) is 9.75. The zero-order valence-corrected chi connectivity index (χ0v) is 18.6. The maximum Gasteiger partial charge on any atom is 0.434 e. The number of nitrogens with zero attached hydrogens (tertiary/aromatic N) is 4. The third-order valence-corrected chi connectivity index (χ3v) is 7.84. The maximum atomic E-state index is 13.3. The molecule has 0 aromatic carbocycles. The molecular formula is C22H26F3N5O4. The zero-order valence-electron chi connectivity index (χ0n) is 18.6. The first-order valence-electron chi connectivity index (χ1n) is 11.4. The van der Waals surface area contributed by atoms with Gasteiger partial charge in [-0.25, -0.2) is 9.97 Å². The number of pyridine rings is 1.